The smallest absolute Gasteiger partial charge is 0.143 e. The third-order valence-electron chi connectivity index (χ3n) is 2.87. The minimum Gasteiger partial charge on any atom is -0.355 e. The summed E-state index contributed by atoms with van der Waals surface area (Å²) in [4.78, 5) is 6.82. The van der Waals surface area contributed by atoms with E-state index in [9.17, 15) is 0 Å². The van der Waals surface area contributed by atoms with E-state index >= 15 is 0 Å². The van der Waals surface area contributed by atoms with Gasteiger partial charge in [0, 0.05) is 24.6 Å². The van der Waals surface area contributed by atoms with Gasteiger partial charge in [0.2, 0.25) is 0 Å². The summed E-state index contributed by atoms with van der Waals surface area (Å²) in [5.74, 6) is 1.86. The third kappa shape index (κ3) is 2.36. The summed E-state index contributed by atoms with van der Waals surface area (Å²) in [6, 6.07) is 2.03. The molecule has 2 heterocycles. The maximum Gasteiger partial charge on any atom is 0.143 e. The number of alkyl halides is 1. The second-order valence-corrected chi connectivity index (χ2v) is 5.46. The van der Waals surface area contributed by atoms with Crippen molar-refractivity contribution in [3.8, 4) is 0 Å². The van der Waals surface area contributed by atoms with E-state index in [2.05, 4.69) is 48.7 Å². The van der Waals surface area contributed by atoms with Crippen LogP contribution >= 0.6 is 31.9 Å². The van der Waals surface area contributed by atoms with Crippen molar-refractivity contribution < 1.29 is 0 Å². The Hall–Kier alpha value is -0.0900. The van der Waals surface area contributed by atoms with E-state index in [4.69, 9.17) is 0 Å². The number of aromatic nitrogens is 1. The quantitative estimate of drug-likeness (QED) is 0.771. The van der Waals surface area contributed by atoms with Crippen molar-refractivity contribution in [1.82, 2.24) is 4.98 Å². The molecule has 0 bridgehead atoms. The average molecular weight is 334 g/mol. The van der Waals surface area contributed by atoms with Crippen molar-refractivity contribution in [3.63, 3.8) is 0 Å². The molecule has 1 fully saturated rings. The number of pyridine rings is 1. The molecule has 2 rings (SSSR count). The summed E-state index contributed by atoms with van der Waals surface area (Å²) in [6.07, 6.45) is 3.14. The first-order valence-corrected chi connectivity index (χ1v) is 7.06. The Kier molecular flexibility index (Phi) is 3.67. The molecule has 0 spiro atoms. The van der Waals surface area contributed by atoms with Gasteiger partial charge < -0.3 is 4.90 Å². The zero-order valence-electron chi connectivity index (χ0n) is 8.71. The molecule has 1 unspecified atom stereocenters. The standard InChI is InChI=1S/C11H14Br2N2/c1-8-2-4-14-11(10(8)13)15-5-3-9(6-12)7-15/h2,4,9H,3,5-7H2,1H3. The van der Waals surface area contributed by atoms with Gasteiger partial charge in [0.05, 0.1) is 4.47 Å². The molecule has 1 aliphatic heterocycles. The highest BCUT2D eigenvalue weighted by Crippen LogP contribution is 2.31. The number of hydrogen-bond acceptors (Lipinski definition) is 2. The van der Waals surface area contributed by atoms with Crippen LogP contribution in [-0.2, 0) is 0 Å². The fraction of sp³-hybridized carbons (Fsp3) is 0.545. The lowest BCUT2D eigenvalue weighted by molar-refractivity contribution is 0.675. The normalized spacial score (nSPS) is 21.0. The van der Waals surface area contributed by atoms with Crippen LogP contribution in [0.25, 0.3) is 0 Å². The number of anilines is 1. The molecule has 0 amide bonds. The summed E-state index contributed by atoms with van der Waals surface area (Å²) in [6.45, 7) is 4.33. The molecule has 0 aromatic carbocycles. The van der Waals surface area contributed by atoms with E-state index in [1.54, 1.807) is 0 Å². The highest BCUT2D eigenvalue weighted by Gasteiger charge is 2.24. The lowest BCUT2D eigenvalue weighted by Gasteiger charge is -2.19. The fourth-order valence-electron chi connectivity index (χ4n) is 1.90. The largest absolute Gasteiger partial charge is 0.355 e. The highest BCUT2D eigenvalue weighted by atomic mass is 79.9. The van der Waals surface area contributed by atoms with Crippen molar-refractivity contribution in [2.45, 2.75) is 13.3 Å². The molecule has 1 aliphatic rings. The Morgan fingerprint density at radius 1 is 1.60 bits per heavy atom. The molecule has 0 radical (unpaired) electrons. The molecular formula is C11H14Br2N2. The molecule has 0 N–H and O–H groups in total. The minimum atomic E-state index is 0.763. The predicted octanol–water partition coefficient (Wildman–Crippen LogP) is 3.37. The Morgan fingerprint density at radius 2 is 2.40 bits per heavy atom. The number of aryl methyl sites for hydroxylation is 1. The van der Waals surface area contributed by atoms with Gasteiger partial charge in [-0.05, 0) is 46.8 Å². The van der Waals surface area contributed by atoms with Crippen LogP contribution in [0, 0.1) is 12.8 Å². The van der Waals surface area contributed by atoms with E-state index in [-0.39, 0.29) is 0 Å². The van der Waals surface area contributed by atoms with Crippen LogP contribution in [0.2, 0.25) is 0 Å². The molecule has 82 valence electrons. The zero-order valence-corrected chi connectivity index (χ0v) is 11.9. The highest BCUT2D eigenvalue weighted by molar-refractivity contribution is 9.10. The predicted molar refractivity (Wildman–Crippen MR) is 70.8 cm³/mol. The monoisotopic (exact) mass is 332 g/mol. The van der Waals surface area contributed by atoms with Crippen LogP contribution < -0.4 is 4.90 Å². The van der Waals surface area contributed by atoms with E-state index < -0.39 is 0 Å². The molecular weight excluding hydrogens is 320 g/mol. The number of nitrogens with zero attached hydrogens (tertiary/aromatic N) is 2. The number of hydrogen-bond donors (Lipinski definition) is 0. The second kappa shape index (κ2) is 4.83. The maximum atomic E-state index is 4.45. The molecule has 15 heavy (non-hydrogen) atoms. The van der Waals surface area contributed by atoms with Crippen LogP contribution in [0.4, 0.5) is 5.82 Å². The molecule has 2 nitrogen and oxygen atoms in total. The number of rotatable bonds is 2. The van der Waals surface area contributed by atoms with Gasteiger partial charge in [0.25, 0.3) is 0 Å². The SMILES string of the molecule is Cc1ccnc(N2CCC(CBr)C2)c1Br. The van der Waals surface area contributed by atoms with Gasteiger partial charge in [-0.1, -0.05) is 15.9 Å². The van der Waals surface area contributed by atoms with Gasteiger partial charge in [-0.15, -0.1) is 0 Å². The van der Waals surface area contributed by atoms with Crippen LogP contribution in [0.15, 0.2) is 16.7 Å². The lowest BCUT2D eigenvalue weighted by atomic mass is 10.2. The first kappa shape index (κ1) is 11.4. The van der Waals surface area contributed by atoms with Gasteiger partial charge in [0.15, 0.2) is 0 Å². The number of halogens is 2. The Balaban J connectivity index is 2.20. The van der Waals surface area contributed by atoms with Crippen molar-refractivity contribution in [2.24, 2.45) is 5.92 Å². The van der Waals surface area contributed by atoms with E-state index in [1.807, 2.05) is 12.3 Å². The molecule has 0 aliphatic carbocycles. The molecule has 1 atom stereocenters. The molecule has 1 saturated heterocycles. The van der Waals surface area contributed by atoms with Gasteiger partial charge in [-0.25, -0.2) is 4.98 Å². The molecule has 1 aromatic heterocycles. The minimum absolute atomic E-state index is 0.763. The van der Waals surface area contributed by atoms with Gasteiger partial charge in [-0.2, -0.15) is 0 Å². The zero-order chi connectivity index (χ0) is 10.8. The summed E-state index contributed by atoms with van der Waals surface area (Å²) in [5, 5.41) is 1.09. The summed E-state index contributed by atoms with van der Waals surface area (Å²) in [5.41, 5.74) is 1.25. The van der Waals surface area contributed by atoms with Crippen molar-refractivity contribution in [1.29, 1.82) is 0 Å². The van der Waals surface area contributed by atoms with Crippen LogP contribution in [0.5, 0.6) is 0 Å². The topological polar surface area (TPSA) is 16.1 Å². The second-order valence-electron chi connectivity index (χ2n) is 4.02. The summed E-state index contributed by atoms with van der Waals surface area (Å²) in [7, 11) is 0. The van der Waals surface area contributed by atoms with Crippen molar-refractivity contribution >= 4 is 37.7 Å². The molecule has 4 heteroatoms. The van der Waals surface area contributed by atoms with Gasteiger partial charge in [-0.3, -0.25) is 0 Å². The van der Waals surface area contributed by atoms with E-state index in [1.165, 1.54) is 12.0 Å². The Bertz CT molecular complexity index is 354. The van der Waals surface area contributed by atoms with Crippen molar-refractivity contribution in [2.75, 3.05) is 23.3 Å². The Labute approximate surface area is 107 Å². The van der Waals surface area contributed by atoms with Gasteiger partial charge in [0.1, 0.15) is 5.82 Å². The molecule has 0 saturated carbocycles. The van der Waals surface area contributed by atoms with Crippen LogP contribution in [-0.4, -0.2) is 23.4 Å². The first-order valence-electron chi connectivity index (χ1n) is 5.14. The average Bonchev–Trinajstić information content (AvgIpc) is 2.70. The van der Waals surface area contributed by atoms with E-state index in [0.717, 1.165) is 34.6 Å². The first-order chi connectivity index (χ1) is 7.22. The van der Waals surface area contributed by atoms with Crippen molar-refractivity contribution in [3.05, 3.63) is 22.3 Å². The maximum absolute atomic E-state index is 4.45. The Morgan fingerprint density at radius 3 is 3.07 bits per heavy atom. The fourth-order valence-corrected chi connectivity index (χ4v) is 2.91. The van der Waals surface area contributed by atoms with Crippen LogP contribution in [0.3, 0.4) is 0 Å². The summed E-state index contributed by atoms with van der Waals surface area (Å²) < 4.78 is 1.14. The van der Waals surface area contributed by atoms with Gasteiger partial charge >= 0.3 is 0 Å². The van der Waals surface area contributed by atoms with E-state index in [0.29, 0.717) is 0 Å². The summed E-state index contributed by atoms with van der Waals surface area (Å²) >= 11 is 7.17. The lowest BCUT2D eigenvalue weighted by Crippen LogP contribution is -2.21. The van der Waals surface area contributed by atoms with Crippen LogP contribution in [0.1, 0.15) is 12.0 Å². The third-order valence-corrected chi connectivity index (χ3v) is 4.76. The molecule has 1 aromatic rings.